The van der Waals surface area contributed by atoms with E-state index in [-0.39, 0.29) is 79.8 Å². The summed E-state index contributed by atoms with van der Waals surface area (Å²) < 4.78 is 122. The van der Waals surface area contributed by atoms with E-state index in [1.807, 2.05) is 72.8 Å². The first-order chi connectivity index (χ1) is 69.6. The first-order valence-corrected chi connectivity index (χ1v) is 51.2. The minimum Gasteiger partial charge on any atom is -0.492 e. The number of carboxylic acids is 2. The molecule has 0 aliphatic carbocycles. The van der Waals surface area contributed by atoms with Crippen molar-refractivity contribution in [3.63, 3.8) is 0 Å². The summed E-state index contributed by atoms with van der Waals surface area (Å²) >= 11 is 0. The number of benzene rings is 11. The molecule has 144 heavy (non-hydrogen) atoms. The van der Waals surface area contributed by atoms with Crippen LogP contribution < -0.4 is 47.4 Å². The number of aliphatic hydroxyl groups is 2. The van der Waals surface area contributed by atoms with Gasteiger partial charge in [0.05, 0.1) is 131 Å². The van der Waals surface area contributed by atoms with Crippen LogP contribution in [-0.4, -0.2) is 196 Å². The van der Waals surface area contributed by atoms with Gasteiger partial charge in [0.1, 0.15) is 108 Å². The molecule has 0 unspecified atom stereocenters. The molecule has 6 fully saturated rings. The molecule has 9 atom stereocenters. The van der Waals surface area contributed by atoms with E-state index in [1.165, 1.54) is 73.9 Å². The van der Waals surface area contributed by atoms with E-state index in [1.54, 1.807) is 0 Å². The second kappa shape index (κ2) is 50.8. The lowest BCUT2D eigenvalue weighted by Crippen LogP contribution is -2.16. The van der Waals surface area contributed by atoms with E-state index in [0.717, 1.165) is 167 Å². The van der Waals surface area contributed by atoms with Gasteiger partial charge in [-0.1, -0.05) is 91.0 Å². The summed E-state index contributed by atoms with van der Waals surface area (Å²) in [5.41, 5.74) is 25.9. The standard InChI is InChI=1S/C30H32O6.2C29H30O6.C19H22O3.C5H10O4S.C4H8O2/c1-19-11-26(36-25-9-10-33-18-25)12-20(2)30(19)22-6-4-5-21(13-22)16-34-24-7-8-27-23(14-29(31)32-3)17-35-28(27)15-24;2*1-18-10-25(35-24-8-9-32-17-24)11-19(2)29(18)21-5-3-4-20(12-21)15-33-23-6-7-26-22(13-28(30)31)16-34-27(26)14-23;1-13-8-18(22-17-6-7-21-12-17)9-14(2)19(13)16-5-3-4-15(10-16)11-20;1-10(6,7)9-5-2-3-8-4-5;5-4-1-2-6-3-4/h4-8,11-13,15,23,25H,9-10,14,16-18H2,1-3H3;2*3-7,10-12,14,22,24H,8-9,13,15-17H2,1-2H3,(H,30,31);3-5,8-10,17,20H,6-7,11-12H2,1-2H3;5H,2-4H2,1H3;4-5H,1-3H2/t23-,25-;2*22-,24-;17-;5-;4-/m111101/s1. The summed E-state index contributed by atoms with van der Waals surface area (Å²) in [5.74, 6) is 5.87. The Morgan fingerprint density at radius 3 is 0.861 bits per heavy atom. The number of esters is 1. The van der Waals surface area contributed by atoms with Gasteiger partial charge in [-0.15, -0.1) is 0 Å². The SMILES string of the molecule is COC(=O)C[C@@H]1COc2cc(OCc3cccc(-c4c(C)cc(O[C@@H]5CCOC5)cc4C)c3)ccc21.CS(=O)(=O)O[C@H]1CCOC1.Cc1cc(O[C@@H]2CCOC2)cc(C)c1-c1cccc(CO)c1.Cc1cc(O[C@@H]2CCOC2)cc(C)c1-c1cccc(COc2ccc3c(c2)OC[C@H]3CC(=O)O)c1.Cc1cc(O[C@@H]2CCOC2)cc(C)c1-c1cccc(COc2ccc3c(c2)OC[C@H]3CC(=O)O)c1.O[C@@H]1CCOC1. The van der Waals surface area contributed by atoms with Gasteiger partial charge in [0.2, 0.25) is 0 Å². The van der Waals surface area contributed by atoms with E-state index in [0.29, 0.717) is 122 Å². The number of ether oxygens (including phenoxy) is 17. The fourth-order valence-corrected chi connectivity index (χ4v) is 20.0. The Morgan fingerprint density at radius 1 is 0.333 bits per heavy atom. The Hall–Kier alpha value is -12.6. The largest absolute Gasteiger partial charge is 0.492 e. The minimum absolute atomic E-state index is 0.0212. The highest BCUT2D eigenvalue weighted by atomic mass is 32.2. The van der Waals surface area contributed by atoms with Crippen LogP contribution in [0.5, 0.6) is 57.5 Å². The quantitative estimate of drug-likeness (QED) is 0.0240. The summed E-state index contributed by atoms with van der Waals surface area (Å²) in [6.07, 6.45) is 6.89. The number of aliphatic hydroxyl groups excluding tert-OH is 2. The van der Waals surface area contributed by atoms with E-state index in [9.17, 15) is 27.9 Å². The molecule has 27 nitrogen and oxygen atoms in total. The molecule has 4 N–H and O–H groups in total. The number of carbonyl (C=O) groups excluding carboxylic acids is 1. The topological polar surface area (TPSA) is 332 Å². The molecular weight excluding hydrogens is 1860 g/mol. The van der Waals surface area contributed by atoms with Crippen molar-refractivity contribution in [2.24, 2.45) is 0 Å². The van der Waals surface area contributed by atoms with Gasteiger partial charge < -0.3 is 101 Å². The molecule has 764 valence electrons. The Balaban J connectivity index is 0.000000138. The normalized spacial score (nSPS) is 19.7. The first-order valence-electron chi connectivity index (χ1n) is 49.4. The molecule has 6 saturated heterocycles. The van der Waals surface area contributed by atoms with E-state index >= 15 is 0 Å². The molecule has 11 aromatic rings. The van der Waals surface area contributed by atoms with Crippen LogP contribution in [0, 0.1) is 55.4 Å². The molecule has 0 spiro atoms. The maximum Gasteiger partial charge on any atom is 0.306 e. The predicted molar refractivity (Wildman–Crippen MR) is 546 cm³/mol. The third-order valence-corrected chi connectivity index (χ3v) is 26.9. The number of rotatable bonds is 30. The number of hydrogen-bond acceptors (Lipinski definition) is 25. The highest BCUT2D eigenvalue weighted by molar-refractivity contribution is 7.86. The van der Waals surface area contributed by atoms with Crippen molar-refractivity contribution >= 4 is 28.0 Å². The van der Waals surface area contributed by atoms with Crippen LogP contribution >= 0.6 is 0 Å². The molecule has 0 bridgehead atoms. The van der Waals surface area contributed by atoms with Crippen LogP contribution in [0.1, 0.15) is 159 Å². The fourth-order valence-electron chi connectivity index (χ4n) is 19.4. The molecular formula is C116H132O27S. The van der Waals surface area contributed by atoms with Crippen LogP contribution in [0.2, 0.25) is 0 Å². The summed E-state index contributed by atoms with van der Waals surface area (Å²) in [7, 11) is -1.88. The average molecular weight is 1990 g/mol. The Morgan fingerprint density at radius 2 is 0.611 bits per heavy atom. The highest BCUT2D eigenvalue weighted by Gasteiger charge is 2.32. The third kappa shape index (κ3) is 29.8. The smallest absolute Gasteiger partial charge is 0.306 e. The number of methoxy groups -OCH3 is 1. The van der Waals surface area contributed by atoms with Gasteiger partial charge in [0.15, 0.2) is 0 Å². The van der Waals surface area contributed by atoms with Gasteiger partial charge >= 0.3 is 17.9 Å². The summed E-state index contributed by atoms with van der Waals surface area (Å²) in [4.78, 5) is 33.8. The third-order valence-electron chi connectivity index (χ3n) is 26.2. The summed E-state index contributed by atoms with van der Waals surface area (Å²) in [6.45, 7) is 27.5. The lowest BCUT2D eigenvalue weighted by atomic mass is 9.94. The molecule has 9 heterocycles. The molecule has 0 saturated carbocycles. The molecule has 0 aromatic heterocycles. The number of aliphatic carboxylic acids is 2. The van der Waals surface area contributed by atoms with Crippen molar-refractivity contribution in [1.82, 2.24) is 0 Å². The van der Waals surface area contributed by atoms with Gasteiger partial charge in [-0.25, -0.2) is 0 Å². The molecule has 0 amide bonds. The Kier molecular flexibility index (Phi) is 37.3. The van der Waals surface area contributed by atoms with Crippen LogP contribution in [0.4, 0.5) is 0 Å². The average Bonchev–Trinajstić information content (AvgIpc) is 1.79. The van der Waals surface area contributed by atoms with Crippen LogP contribution in [0.15, 0.2) is 200 Å². The van der Waals surface area contributed by atoms with Crippen LogP contribution in [0.25, 0.3) is 44.5 Å². The van der Waals surface area contributed by atoms with Gasteiger partial charge in [0.25, 0.3) is 10.1 Å². The van der Waals surface area contributed by atoms with Crippen molar-refractivity contribution in [3.8, 4) is 102 Å². The van der Waals surface area contributed by atoms with Gasteiger partial charge in [-0.3, -0.25) is 18.6 Å². The lowest BCUT2D eigenvalue weighted by Gasteiger charge is -2.17. The minimum atomic E-state index is -3.29. The first kappa shape index (κ1) is 106. The van der Waals surface area contributed by atoms with E-state index < -0.39 is 22.1 Å². The van der Waals surface area contributed by atoms with Crippen LogP contribution in [0.3, 0.4) is 0 Å². The van der Waals surface area contributed by atoms with Crippen LogP contribution in [-0.2, 0) is 88.3 Å². The number of fused-ring (bicyclic) bond motifs is 3. The Bertz CT molecular complexity index is 6030. The van der Waals surface area contributed by atoms with Crippen molar-refractivity contribution in [1.29, 1.82) is 0 Å². The van der Waals surface area contributed by atoms with Crippen molar-refractivity contribution in [3.05, 3.63) is 284 Å². The van der Waals surface area contributed by atoms with Gasteiger partial charge in [-0.05, 0) is 264 Å². The van der Waals surface area contributed by atoms with E-state index in [4.69, 9.17) is 95.8 Å². The number of carboxylic acid groups (broad SMARTS) is 2. The van der Waals surface area contributed by atoms with Crippen molar-refractivity contribution in [2.45, 2.75) is 194 Å². The summed E-state index contributed by atoms with van der Waals surface area (Å²) in [6, 6.07) is 67.2. The molecule has 9 aliphatic heterocycles. The zero-order valence-corrected chi connectivity index (χ0v) is 84.5. The number of hydrogen-bond donors (Lipinski definition) is 4. The number of aryl methyl sites for hydroxylation is 8. The zero-order chi connectivity index (χ0) is 101. The maximum atomic E-state index is 11.6. The second-order valence-electron chi connectivity index (χ2n) is 37.9. The van der Waals surface area contributed by atoms with Crippen molar-refractivity contribution < 1.29 is 128 Å². The fraction of sp³-hybridized carbons (Fsp3) is 0.405. The molecule has 28 heteroatoms. The van der Waals surface area contributed by atoms with Gasteiger partial charge in [0, 0.05) is 98.0 Å². The molecule has 0 radical (unpaired) electrons. The maximum absolute atomic E-state index is 11.6. The molecule has 20 rings (SSSR count). The second-order valence-corrected chi connectivity index (χ2v) is 39.5. The van der Waals surface area contributed by atoms with E-state index in [2.05, 4.69) is 187 Å². The Labute approximate surface area is 843 Å². The van der Waals surface area contributed by atoms with Crippen molar-refractivity contribution in [2.75, 3.05) is 112 Å². The number of carbonyl (C=O) groups is 3. The molecule has 11 aromatic carbocycles. The zero-order valence-electron chi connectivity index (χ0n) is 83.6. The van der Waals surface area contributed by atoms with Gasteiger partial charge in [-0.2, -0.15) is 8.42 Å². The predicted octanol–water partition coefficient (Wildman–Crippen LogP) is 20.2. The molecule has 9 aliphatic rings. The summed E-state index contributed by atoms with van der Waals surface area (Å²) in [5, 5.41) is 36.1. The monoisotopic (exact) mass is 1990 g/mol. The lowest BCUT2D eigenvalue weighted by molar-refractivity contribution is -0.141. The highest BCUT2D eigenvalue weighted by Crippen LogP contribution is 2.45.